The van der Waals surface area contributed by atoms with E-state index in [1.165, 1.54) is 12.1 Å². The molecule has 0 saturated carbocycles. The normalized spacial score (nSPS) is 15.8. The number of hydrogen-bond donors (Lipinski definition) is 2. The summed E-state index contributed by atoms with van der Waals surface area (Å²) in [6.45, 7) is 1.52. The summed E-state index contributed by atoms with van der Waals surface area (Å²) in [4.78, 5) is 32.2. The molecule has 4 rings (SSSR count). The highest BCUT2D eigenvalue weighted by atomic mass is 19.1. The minimum Gasteiger partial charge on any atom is -0.490 e. The van der Waals surface area contributed by atoms with Crippen molar-refractivity contribution < 1.29 is 27.5 Å². The van der Waals surface area contributed by atoms with E-state index in [2.05, 4.69) is 25.5 Å². The summed E-state index contributed by atoms with van der Waals surface area (Å²) in [6, 6.07) is 6.29. The van der Waals surface area contributed by atoms with Crippen molar-refractivity contribution in [3.63, 3.8) is 0 Å². The molecule has 0 spiro atoms. The number of amides is 2. The molecule has 2 aromatic carbocycles. The van der Waals surface area contributed by atoms with Gasteiger partial charge in [-0.05, 0) is 36.8 Å². The number of anilines is 1. The highest BCUT2D eigenvalue weighted by Crippen LogP contribution is 2.32. The summed E-state index contributed by atoms with van der Waals surface area (Å²) in [6.07, 6.45) is 0.811. The van der Waals surface area contributed by atoms with Crippen LogP contribution in [0.1, 0.15) is 27.6 Å². The van der Waals surface area contributed by atoms with Crippen molar-refractivity contribution in [2.75, 3.05) is 11.9 Å². The van der Waals surface area contributed by atoms with Crippen LogP contribution in [0.25, 0.3) is 0 Å². The maximum absolute atomic E-state index is 14.1. The van der Waals surface area contributed by atoms with Gasteiger partial charge in [0.15, 0.2) is 5.82 Å². The van der Waals surface area contributed by atoms with Gasteiger partial charge in [-0.2, -0.15) is 0 Å². The molecule has 1 unspecified atom stereocenters. The monoisotopic (exact) mass is 443 g/mol. The molecule has 164 valence electrons. The van der Waals surface area contributed by atoms with Gasteiger partial charge in [-0.3, -0.25) is 14.7 Å². The van der Waals surface area contributed by atoms with E-state index in [4.69, 9.17) is 4.74 Å². The van der Waals surface area contributed by atoms with Crippen molar-refractivity contribution in [1.82, 2.24) is 15.2 Å². The van der Waals surface area contributed by atoms with E-state index >= 15 is 0 Å². The van der Waals surface area contributed by atoms with Gasteiger partial charge in [0, 0.05) is 18.2 Å². The maximum atomic E-state index is 14.1. The molecule has 8 nitrogen and oxygen atoms in total. The van der Waals surface area contributed by atoms with Crippen LogP contribution in [0.5, 0.6) is 5.75 Å². The minimum atomic E-state index is -0.975. The average Bonchev–Trinajstić information content (AvgIpc) is 3.15. The highest BCUT2D eigenvalue weighted by Gasteiger charge is 2.26. The molecule has 32 heavy (non-hydrogen) atoms. The molecule has 1 aliphatic rings. The smallest absolute Gasteiger partial charge is 0.316 e. The standard InChI is InChI=1S/C21H16F3N5O3/c1-10-5-15(24)18-16(6-10)32-9-11(20(30)27-18)8-25-21(31)19-26-17(28-29-19)7-12-13(22)3-2-4-14(12)23/h2-6,8,11H,7,9H2,1H3,(H,27,30)(H,26,28,29). The van der Waals surface area contributed by atoms with E-state index in [-0.39, 0.29) is 41.7 Å². The maximum Gasteiger partial charge on any atom is 0.316 e. The number of hydrogen-bond acceptors (Lipinski definition) is 5. The van der Waals surface area contributed by atoms with Crippen LogP contribution in [0.4, 0.5) is 18.9 Å². The second-order valence-corrected chi connectivity index (χ2v) is 7.09. The molecule has 3 aromatic rings. The number of carbonyl (C=O) groups is 2. The fraction of sp³-hybridized carbons (Fsp3) is 0.190. The zero-order valence-corrected chi connectivity index (χ0v) is 16.7. The third-order valence-corrected chi connectivity index (χ3v) is 4.70. The Hall–Kier alpha value is -4.02. The number of aliphatic imine (C=N–C) groups is 1. The predicted molar refractivity (Wildman–Crippen MR) is 107 cm³/mol. The largest absolute Gasteiger partial charge is 0.490 e. The van der Waals surface area contributed by atoms with E-state index in [0.29, 0.717) is 5.56 Å². The van der Waals surface area contributed by atoms with Crippen LogP contribution < -0.4 is 10.1 Å². The lowest BCUT2D eigenvalue weighted by molar-refractivity contribution is -0.118. The molecule has 2 heterocycles. The molecular formula is C21H16F3N5O3. The first kappa shape index (κ1) is 21.2. The number of ether oxygens (including phenoxy) is 1. The minimum absolute atomic E-state index is 0.0596. The topological polar surface area (TPSA) is 109 Å². The lowest BCUT2D eigenvalue weighted by Crippen LogP contribution is -2.27. The predicted octanol–water partition coefficient (Wildman–Crippen LogP) is 2.98. The van der Waals surface area contributed by atoms with Crippen LogP contribution in [0.3, 0.4) is 0 Å². The van der Waals surface area contributed by atoms with Gasteiger partial charge in [0.2, 0.25) is 11.7 Å². The first-order valence-electron chi connectivity index (χ1n) is 9.48. The van der Waals surface area contributed by atoms with Crippen LogP contribution >= 0.6 is 0 Å². The number of halogens is 3. The summed E-state index contributed by atoms with van der Waals surface area (Å²) < 4.78 is 47.2. The third-order valence-electron chi connectivity index (χ3n) is 4.70. The summed E-state index contributed by atoms with van der Waals surface area (Å²) in [5, 5.41) is 8.56. The number of aryl methyl sites for hydroxylation is 1. The Morgan fingerprint density at radius 3 is 2.75 bits per heavy atom. The lowest BCUT2D eigenvalue weighted by Gasteiger charge is -2.08. The molecule has 1 aliphatic heterocycles. The van der Waals surface area contributed by atoms with E-state index in [0.717, 1.165) is 18.3 Å². The summed E-state index contributed by atoms with van der Waals surface area (Å²) in [5.74, 6) is -4.70. The Morgan fingerprint density at radius 1 is 1.25 bits per heavy atom. The van der Waals surface area contributed by atoms with Gasteiger partial charge >= 0.3 is 5.91 Å². The molecule has 2 N–H and O–H groups in total. The Labute approximate surface area is 179 Å². The van der Waals surface area contributed by atoms with Crippen molar-refractivity contribution in [1.29, 1.82) is 0 Å². The van der Waals surface area contributed by atoms with E-state index in [1.807, 2.05) is 0 Å². The first-order chi connectivity index (χ1) is 15.3. The molecule has 11 heteroatoms. The second kappa shape index (κ2) is 8.61. The number of aromatic amines is 1. The zero-order chi connectivity index (χ0) is 22.8. The summed E-state index contributed by atoms with van der Waals surface area (Å²) >= 11 is 0. The van der Waals surface area contributed by atoms with Crippen LogP contribution in [0.15, 0.2) is 35.3 Å². The Bertz CT molecular complexity index is 1220. The van der Waals surface area contributed by atoms with E-state index < -0.39 is 35.2 Å². The molecule has 0 radical (unpaired) electrons. The summed E-state index contributed by atoms with van der Waals surface area (Å²) in [5.41, 5.74) is 0.316. The highest BCUT2D eigenvalue weighted by molar-refractivity contribution is 6.06. The van der Waals surface area contributed by atoms with E-state index in [9.17, 15) is 22.8 Å². The van der Waals surface area contributed by atoms with Crippen molar-refractivity contribution in [3.8, 4) is 5.75 Å². The van der Waals surface area contributed by atoms with Crippen LogP contribution in [-0.4, -0.2) is 39.8 Å². The van der Waals surface area contributed by atoms with Gasteiger partial charge < -0.3 is 10.1 Å². The van der Waals surface area contributed by atoms with Gasteiger partial charge in [-0.1, -0.05) is 6.07 Å². The Kier molecular flexibility index (Phi) is 5.71. The Morgan fingerprint density at radius 2 is 2.00 bits per heavy atom. The molecule has 2 amide bonds. The number of nitrogens with zero attached hydrogens (tertiary/aromatic N) is 3. The van der Waals surface area contributed by atoms with Crippen molar-refractivity contribution in [2.45, 2.75) is 13.3 Å². The van der Waals surface area contributed by atoms with Gasteiger partial charge in [-0.15, -0.1) is 5.10 Å². The number of aromatic nitrogens is 3. The fourth-order valence-electron chi connectivity index (χ4n) is 3.08. The number of rotatable bonds is 4. The molecular weight excluding hydrogens is 427 g/mol. The van der Waals surface area contributed by atoms with Gasteiger partial charge in [0.1, 0.15) is 41.4 Å². The lowest BCUT2D eigenvalue weighted by atomic mass is 10.1. The molecule has 0 bridgehead atoms. The molecule has 0 saturated heterocycles. The molecule has 0 fully saturated rings. The SMILES string of the molecule is Cc1cc(F)c2c(c1)OCC(C=NC(=O)c1n[nH]c(Cc3c(F)cccc3F)n1)C(=O)N2. The van der Waals surface area contributed by atoms with Crippen molar-refractivity contribution in [3.05, 3.63) is 70.6 Å². The third kappa shape index (κ3) is 4.36. The van der Waals surface area contributed by atoms with Crippen LogP contribution in [0, 0.1) is 30.3 Å². The second-order valence-electron chi connectivity index (χ2n) is 7.09. The van der Waals surface area contributed by atoms with Gasteiger partial charge in [0.05, 0.1) is 0 Å². The van der Waals surface area contributed by atoms with Crippen LogP contribution in [-0.2, 0) is 11.2 Å². The average molecular weight is 443 g/mol. The van der Waals surface area contributed by atoms with Crippen LogP contribution in [0.2, 0.25) is 0 Å². The number of nitrogens with one attached hydrogen (secondary N) is 2. The fourth-order valence-corrected chi connectivity index (χ4v) is 3.08. The quantitative estimate of drug-likeness (QED) is 0.603. The van der Waals surface area contributed by atoms with Gasteiger partial charge in [-0.25, -0.2) is 23.1 Å². The molecule has 1 atom stereocenters. The molecule has 1 aromatic heterocycles. The number of fused-ring (bicyclic) bond motifs is 1. The number of benzene rings is 2. The summed E-state index contributed by atoms with van der Waals surface area (Å²) in [7, 11) is 0. The van der Waals surface area contributed by atoms with Crippen molar-refractivity contribution >= 4 is 23.7 Å². The molecule has 0 aliphatic carbocycles. The van der Waals surface area contributed by atoms with Gasteiger partial charge in [0.25, 0.3) is 0 Å². The van der Waals surface area contributed by atoms with E-state index in [1.54, 1.807) is 13.0 Å². The first-order valence-corrected chi connectivity index (χ1v) is 9.48. The number of carbonyl (C=O) groups excluding carboxylic acids is 2. The number of H-pyrrole nitrogens is 1. The van der Waals surface area contributed by atoms with Crippen molar-refractivity contribution in [2.24, 2.45) is 10.9 Å². The Balaban J connectivity index is 1.45. The zero-order valence-electron chi connectivity index (χ0n) is 16.7.